The van der Waals surface area contributed by atoms with Gasteiger partial charge in [0.1, 0.15) is 11.6 Å². The minimum Gasteiger partial charge on any atom is -0.326 e. The fraction of sp³-hybridized carbons (Fsp3) is 0.316. The summed E-state index contributed by atoms with van der Waals surface area (Å²) in [5.41, 5.74) is 1.56. The minimum atomic E-state index is -0.557. The molecule has 7 heteroatoms. The summed E-state index contributed by atoms with van der Waals surface area (Å²) in [5.74, 6) is -1.38. The van der Waals surface area contributed by atoms with Gasteiger partial charge in [0.25, 0.3) is 0 Å². The predicted octanol–water partition coefficient (Wildman–Crippen LogP) is 5.47. The molecule has 1 unspecified atom stereocenters. The molecule has 26 heavy (non-hydrogen) atoms. The normalized spacial score (nSPS) is 12.3. The summed E-state index contributed by atoms with van der Waals surface area (Å²) in [6.45, 7) is 4.13. The summed E-state index contributed by atoms with van der Waals surface area (Å²) in [6, 6.07) is 7.61. The summed E-state index contributed by atoms with van der Waals surface area (Å²) in [7, 11) is 1.84. The van der Waals surface area contributed by atoms with E-state index in [1.165, 1.54) is 25.1 Å². The average Bonchev–Trinajstić information content (AvgIpc) is 2.54. The highest BCUT2D eigenvalue weighted by Gasteiger charge is 2.17. The quantitative estimate of drug-likeness (QED) is 0.697. The second-order valence-corrected chi connectivity index (χ2v) is 7.16. The Morgan fingerprint density at radius 1 is 1.23 bits per heavy atom. The van der Waals surface area contributed by atoms with Crippen LogP contribution in [0, 0.1) is 11.6 Å². The molecule has 2 rings (SSSR count). The van der Waals surface area contributed by atoms with Crippen LogP contribution < -0.4 is 5.32 Å². The van der Waals surface area contributed by atoms with Gasteiger partial charge in [0.15, 0.2) is 0 Å². The predicted molar refractivity (Wildman–Crippen MR) is 102 cm³/mol. The van der Waals surface area contributed by atoms with Crippen LogP contribution in [-0.4, -0.2) is 24.4 Å². The number of anilines is 1. The molecule has 1 amide bonds. The zero-order valence-electron chi connectivity index (χ0n) is 14.7. The highest BCUT2D eigenvalue weighted by Crippen LogP contribution is 2.28. The van der Waals surface area contributed by atoms with E-state index in [9.17, 15) is 13.6 Å². The van der Waals surface area contributed by atoms with Gasteiger partial charge in [-0.3, -0.25) is 4.79 Å². The second-order valence-electron chi connectivity index (χ2n) is 6.35. The Morgan fingerprint density at radius 2 is 1.92 bits per heavy atom. The van der Waals surface area contributed by atoms with Crippen molar-refractivity contribution in [2.24, 2.45) is 0 Å². The van der Waals surface area contributed by atoms with E-state index >= 15 is 0 Å². The van der Waals surface area contributed by atoms with Gasteiger partial charge < -0.3 is 10.2 Å². The molecular formula is C19H20Cl2F2N2O. The lowest BCUT2D eigenvalue weighted by Crippen LogP contribution is -2.24. The largest absolute Gasteiger partial charge is 0.326 e. The Bertz CT molecular complexity index is 814. The van der Waals surface area contributed by atoms with Crippen LogP contribution in [-0.2, 0) is 11.3 Å². The van der Waals surface area contributed by atoms with Gasteiger partial charge in [0.05, 0.1) is 10.0 Å². The number of carbonyl (C=O) groups is 1. The summed E-state index contributed by atoms with van der Waals surface area (Å²) in [5, 5.41) is 2.68. The van der Waals surface area contributed by atoms with Crippen molar-refractivity contribution in [1.29, 1.82) is 0 Å². The molecule has 140 valence electrons. The summed E-state index contributed by atoms with van der Waals surface area (Å²) >= 11 is 11.7. The molecule has 1 N–H and O–H groups in total. The molecule has 0 aromatic heterocycles. The van der Waals surface area contributed by atoms with Crippen molar-refractivity contribution in [1.82, 2.24) is 4.90 Å². The Morgan fingerprint density at radius 3 is 2.58 bits per heavy atom. The fourth-order valence-corrected chi connectivity index (χ4v) is 3.19. The summed E-state index contributed by atoms with van der Waals surface area (Å²) < 4.78 is 28.0. The smallest absolute Gasteiger partial charge is 0.221 e. The molecular weight excluding hydrogens is 381 g/mol. The lowest BCUT2D eigenvalue weighted by Gasteiger charge is -2.23. The molecule has 0 radical (unpaired) electrons. The number of halogens is 4. The van der Waals surface area contributed by atoms with Gasteiger partial charge >= 0.3 is 0 Å². The number of benzene rings is 2. The zero-order chi connectivity index (χ0) is 19.4. The molecule has 1 atom stereocenters. The molecule has 0 spiro atoms. The van der Waals surface area contributed by atoms with Crippen molar-refractivity contribution >= 4 is 34.8 Å². The number of likely N-dealkylation sites (N-methyl/N-ethyl adjacent to an activating group) is 1. The van der Waals surface area contributed by atoms with Gasteiger partial charge in [0, 0.05) is 25.7 Å². The first-order chi connectivity index (χ1) is 12.2. The molecule has 0 aliphatic carbocycles. The summed E-state index contributed by atoms with van der Waals surface area (Å²) in [6.07, 6.45) is 0. The van der Waals surface area contributed by atoms with Gasteiger partial charge in [-0.15, -0.1) is 0 Å². The molecule has 2 aromatic rings. The number of carbonyl (C=O) groups excluding carboxylic acids is 1. The highest BCUT2D eigenvalue weighted by molar-refractivity contribution is 6.31. The van der Waals surface area contributed by atoms with E-state index in [4.69, 9.17) is 23.2 Å². The summed E-state index contributed by atoms with van der Waals surface area (Å²) in [4.78, 5) is 13.3. The Balaban J connectivity index is 2.16. The van der Waals surface area contributed by atoms with Gasteiger partial charge in [-0.05, 0) is 42.3 Å². The molecule has 0 bridgehead atoms. The lowest BCUT2D eigenvalue weighted by molar-refractivity contribution is -0.114. The molecule has 3 nitrogen and oxygen atoms in total. The molecule has 0 saturated heterocycles. The van der Waals surface area contributed by atoms with E-state index in [0.717, 1.165) is 0 Å². The lowest BCUT2D eigenvalue weighted by atomic mass is 10.00. The van der Waals surface area contributed by atoms with E-state index in [-0.39, 0.29) is 21.9 Å². The third-order valence-electron chi connectivity index (χ3n) is 4.00. The first kappa shape index (κ1) is 20.6. The van der Waals surface area contributed by atoms with Crippen molar-refractivity contribution < 1.29 is 13.6 Å². The standard InChI is InChI=1S/C19H20Cl2F2N2O/c1-11(14-5-4-6-15(20)19(14)23)9-25(3)10-13-7-17(22)16(21)8-18(13)24-12(2)26/h4-8,11H,9-10H2,1-3H3,(H,24,26). The zero-order valence-corrected chi connectivity index (χ0v) is 16.3. The molecule has 0 aliphatic heterocycles. The fourth-order valence-electron chi connectivity index (χ4n) is 2.85. The Kier molecular flexibility index (Phi) is 6.98. The molecule has 0 fully saturated rings. The molecule has 2 aromatic carbocycles. The van der Waals surface area contributed by atoms with E-state index in [1.54, 1.807) is 12.1 Å². The maximum atomic E-state index is 14.2. The molecule has 0 heterocycles. The number of hydrogen-bond donors (Lipinski definition) is 1. The van der Waals surface area contributed by atoms with Crippen LogP contribution in [0.1, 0.15) is 30.9 Å². The Labute approximate surface area is 161 Å². The maximum Gasteiger partial charge on any atom is 0.221 e. The van der Waals surface area contributed by atoms with Crippen LogP contribution in [0.2, 0.25) is 10.0 Å². The number of hydrogen-bond acceptors (Lipinski definition) is 2. The molecule has 0 aliphatic rings. The first-order valence-electron chi connectivity index (χ1n) is 8.07. The number of rotatable bonds is 6. The SMILES string of the molecule is CC(=O)Nc1cc(Cl)c(F)cc1CN(C)CC(C)c1cccc(Cl)c1F. The number of nitrogens with zero attached hydrogens (tertiary/aromatic N) is 1. The highest BCUT2D eigenvalue weighted by atomic mass is 35.5. The van der Waals surface area contributed by atoms with Crippen LogP contribution in [0.5, 0.6) is 0 Å². The van der Waals surface area contributed by atoms with Crippen molar-refractivity contribution in [3.8, 4) is 0 Å². The average molecular weight is 401 g/mol. The monoisotopic (exact) mass is 400 g/mol. The van der Waals surface area contributed by atoms with Crippen molar-refractivity contribution in [3.63, 3.8) is 0 Å². The van der Waals surface area contributed by atoms with Crippen molar-refractivity contribution in [3.05, 3.63) is 63.1 Å². The maximum absolute atomic E-state index is 14.2. The second kappa shape index (κ2) is 8.80. The number of nitrogens with one attached hydrogen (secondary N) is 1. The minimum absolute atomic E-state index is 0.0606. The van der Waals surface area contributed by atoms with Gasteiger partial charge in [-0.1, -0.05) is 42.3 Å². The van der Waals surface area contributed by atoms with Crippen LogP contribution in [0.25, 0.3) is 0 Å². The van der Waals surface area contributed by atoms with Crippen molar-refractivity contribution in [2.45, 2.75) is 26.3 Å². The van der Waals surface area contributed by atoms with E-state index in [1.807, 2.05) is 18.9 Å². The van der Waals surface area contributed by atoms with E-state index in [0.29, 0.717) is 29.9 Å². The topological polar surface area (TPSA) is 32.3 Å². The van der Waals surface area contributed by atoms with E-state index < -0.39 is 11.6 Å². The number of amides is 1. The molecule has 0 saturated carbocycles. The van der Waals surface area contributed by atoms with Crippen LogP contribution in [0.15, 0.2) is 30.3 Å². The van der Waals surface area contributed by atoms with Crippen LogP contribution in [0.4, 0.5) is 14.5 Å². The van der Waals surface area contributed by atoms with Crippen molar-refractivity contribution in [2.75, 3.05) is 18.9 Å². The van der Waals surface area contributed by atoms with Crippen LogP contribution >= 0.6 is 23.2 Å². The third kappa shape index (κ3) is 5.16. The first-order valence-corrected chi connectivity index (χ1v) is 8.82. The Hall–Kier alpha value is -1.69. The van der Waals surface area contributed by atoms with Gasteiger partial charge in [-0.2, -0.15) is 0 Å². The van der Waals surface area contributed by atoms with Crippen LogP contribution in [0.3, 0.4) is 0 Å². The van der Waals surface area contributed by atoms with E-state index in [2.05, 4.69) is 5.32 Å². The third-order valence-corrected chi connectivity index (χ3v) is 4.58. The van der Waals surface area contributed by atoms with Gasteiger partial charge in [0.2, 0.25) is 5.91 Å². The van der Waals surface area contributed by atoms with Gasteiger partial charge in [-0.25, -0.2) is 8.78 Å².